The summed E-state index contributed by atoms with van der Waals surface area (Å²) in [6.45, 7) is 3.72. The van der Waals surface area contributed by atoms with Crippen molar-refractivity contribution in [2.45, 2.75) is 19.9 Å². The molecule has 3 aromatic carbocycles. The molecule has 0 aromatic heterocycles. The van der Waals surface area contributed by atoms with Crippen molar-refractivity contribution in [1.29, 1.82) is 0 Å². The molecule has 0 unspecified atom stereocenters. The zero-order valence-corrected chi connectivity index (χ0v) is 16.7. The molecule has 0 saturated heterocycles. The minimum atomic E-state index is -0.361. The van der Waals surface area contributed by atoms with Gasteiger partial charge < -0.3 is 16.0 Å². The normalized spacial score (nSPS) is 11.6. The molecule has 150 valence electrons. The van der Waals surface area contributed by atoms with Gasteiger partial charge in [-0.3, -0.25) is 9.59 Å². The van der Waals surface area contributed by atoms with Crippen LogP contribution in [0.3, 0.4) is 0 Å². The van der Waals surface area contributed by atoms with Gasteiger partial charge in [0.2, 0.25) is 0 Å². The van der Waals surface area contributed by atoms with Crippen LogP contribution in [-0.4, -0.2) is 23.8 Å². The summed E-state index contributed by atoms with van der Waals surface area (Å²) in [5.41, 5.74) is 4.21. The Hall–Kier alpha value is -3.93. The van der Waals surface area contributed by atoms with E-state index in [0.717, 1.165) is 11.1 Å². The fraction of sp³-hybridized carbons (Fsp3) is 0.125. The first-order valence-electron chi connectivity index (χ1n) is 9.70. The standard InChI is InChI=1S/C24H21N3O3/c1-14(2)25-24(30)27-21-10-6-5-9-20(21)26-23(29)15-11-12-17-16-7-3-4-8-18(16)22(28)19(17)13-15/h3-14H,1-2H3,(H,26,29)(H2,25,27,30). The third-order valence-corrected chi connectivity index (χ3v) is 4.83. The summed E-state index contributed by atoms with van der Waals surface area (Å²) in [5, 5.41) is 8.31. The van der Waals surface area contributed by atoms with Gasteiger partial charge in [0, 0.05) is 22.7 Å². The van der Waals surface area contributed by atoms with Crippen molar-refractivity contribution in [2.24, 2.45) is 0 Å². The van der Waals surface area contributed by atoms with Crippen molar-refractivity contribution in [1.82, 2.24) is 5.32 Å². The third-order valence-electron chi connectivity index (χ3n) is 4.83. The Balaban J connectivity index is 1.56. The number of fused-ring (bicyclic) bond motifs is 3. The lowest BCUT2D eigenvalue weighted by Gasteiger charge is -2.14. The van der Waals surface area contributed by atoms with Crippen LogP contribution < -0.4 is 16.0 Å². The minimum Gasteiger partial charge on any atom is -0.336 e. The molecule has 0 aliphatic heterocycles. The lowest BCUT2D eigenvalue weighted by Crippen LogP contribution is -2.34. The number of para-hydroxylation sites is 2. The van der Waals surface area contributed by atoms with Crippen molar-refractivity contribution in [2.75, 3.05) is 10.6 Å². The Bertz CT molecular complexity index is 1170. The highest BCUT2D eigenvalue weighted by molar-refractivity contribution is 6.22. The van der Waals surface area contributed by atoms with Gasteiger partial charge in [-0.15, -0.1) is 0 Å². The van der Waals surface area contributed by atoms with E-state index in [4.69, 9.17) is 0 Å². The van der Waals surface area contributed by atoms with E-state index in [9.17, 15) is 14.4 Å². The van der Waals surface area contributed by atoms with Crippen LogP contribution in [0.1, 0.15) is 40.1 Å². The lowest BCUT2D eigenvalue weighted by atomic mass is 10.0. The quantitative estimate of drug-likeness (QED) is 0.466. The van der Waals surface area contributed by atoms with Gasteiger partial charge in [-0.05, 0) is 49.2 Å². The SMILES string of the molecule is CC(C)NC(=O)Nc1ccccc1NC(=O)c1ccc2c(c1)C(=O)c1ccccc1-2. The zero-order valence-electron chi connectivity index (χ0n) is 16.7. The second kappa shape index (κ2) is 7.83. The second-order valence-corrected chi connectivity index (χ2v) is 7.39. The number of carbonyl (C=O) groups excluding carboxylic acids is 3. The maximum Gasteiger partial charge on any atom is 0.319 e. The van der Waals surface area contributed by atoms with E-state index >= 15 is 0 Å². The van der Waals surface area contributed by atoms with Crippen LogP contribution in [0.5, 0.6) is 0 Å². The predicted octanol–water partition coefficient (Wildman–Crippen LogP) is 4.68. The summed E-state index contributed by atoms with van der Waals surface area (Å²) in [5.74, 6) is -0.442. The molecule has 6 nitrogen and oxygen atoms in total. The van der Waals surface area contributed by atoms with Gasteiger partial charge in [0.15, 0.2) is 5.78 Å². The first-order chi connectivity index (χ1) is 14.4. The maximum atomic E-state index is 12.9. The number of benzene rings is 3. The monoisotopic (exact) mass is 399 g/mol. The van der Waals surface area contributed by atoms with Crippen molar-refractivity contribution in [3.8, 4) is 11.1 Å². The Labute approximate surface area is 174 Å². The Morgan fingerprint density at radius 1 is 0.733 bits per heavy atom. The molecular formula is C24H21N3O3. The molecule has 3 amide bonds. The molecule has 6 heteroatoms. The van der Waals surface area contributed by atoms with E-state index in [1.807, 2.05) is 32.0 Å². The molecule has 0 saturated carbocycles. The number of hydrogen-bond donors (Lipinski definition) is 3. The Kier molecular flexibility index (Phi) is 5.06. The van der Waals surface area contributed by atoms with E-state index in [0.29, 0.717) is 28.1 Å². The number of urea groups is 1. The molecule has 0 atom stereocenters. The molecule has 0 bridgehead atoms. The highest BCUT2D eigenvalue weighted by atomic mass is 16.2. The van der Waals surface area contributed by atoms with Gasteiger partial charge in [-0.2, -0.15) is 0 Å². The molecule has 1 aliphatic carbocycles. The lowest BCUT2D eigenvalue weighted by molar-refractivity contribution is 0.102. The van der Waals surface area contributed by atoms with Crippen LogP contribution in [0, 0.1) is 0 Å². The average molecular weight is 399 g/mol. The molecule has 3 aromatic rings. The summed E-state index contributed by atoms with van der Waals surface area (Å²) < 4.78 is 0. The van der Waals surface area contributed by atoms with Gasteiger partial charge in [0.05, 0.1) is 11.4 Å². The van der Waals surface area contributed by atoms with Crippen molar-refractivity contribution >= 4 is 29.1 Å². The van der Waals surface area contributed by atoms with E-state index in [1.54, 1.807) is 48.5 Å². The topological polar surface area (TPSA) is 87.3 Å². The summed E-state index contributed by atoms with van der Waals surface area (Å²) in [4.78, 5) is 37.6. The van der Waals surface area contributed by atoms with Crippen LogP contribution in [0.4, 0.5) is 16.2 Å². The number of anilines is 2. The second-order valence-electron chi connectivity index (χ2n) is 7.39. The molecule has 0 spiro atoms. The van der Waals surface area contributed by atoms with Crippen LogP contribution in [0.15, 0.2) is 66.7 Å². The van der Waals surface area contributed by atoms with Crippen LogP contribution in [0.25, 0.3) is 11.1 Å². The summed E-state index contributed by atoms with van der Waals surface area (Å²) in [6, 6.07) is 19.1. The van der Waals surface area contributed by atoms with Gasteiger partial charge in [-0.25, -0.2) is 4.79 Å². The molecule has 0 radical (unpaired) electrons. The molecule has 0 fully saturated rings. The summed E-state index contributed by atoms with van der Waals surface area (Å²) in [6.07, 6.45) is 0. The molecular weight excluding hydrogens is 378 g/mol. The minimum absolute atomic E-state index is 0.0140. The fourth-order valence-electron chi connectivity index (χ4n) is 3.49. The average Bonchev–Trinajstić information content (AvgIpc) is 3.01. The van der Waals surface area contributed by atoms with Crippen LogP contribution in [0.2, 0.25) is 0 Å². The molecule has 0 heterocycles. The van der Waals surface area contributed by atoms with E-state index in [2.05, 4.69) is 16.0 Å². The summed E-state index contributed by atoms with van der Waals surface area (Å²) in [7, 11) is 0. The Morgan fingerprint density at radius 3 is 2.03 bits per heavy atom. The largest absolute Gasteiger partial charge is 0.336 e. The maximum absolute atomic E-state index is 12.9. The van der Waals surface area contributed by atoms with E-state index in [1.165, 1.54) is 0 Å². The van der Waals surface area contributed by atoms with Gasteiger partial charge in [-0.1, -0.05) is 42.5 Å². The number of amides is 3. The number of ketones is 1. The third kappa shape index (κ3) is 3.67. The number of rotatable bonds is 4. The highest BCUT2D eigenvalue weighted by Crippen LogP contribution is 2.36. The number of nitrogens with one attached hydrogen (secondary N) is 3. The highest BCUT2D eigenvalue weighted by Gasteiger charge is 2.27. The first kappa shape index (κ1) is 19.4. The van der Waals surface area contributed by atoms with Crippen molar-refractivity contribution in [3.05, 3.63) is 83.4 Å². The fourth-order valence-corrected chi connectivity index (χ4v) is 3.49. The Morgan fingerprint density at radius 2 is 1.33 bits per heavy atom. The first-order valence-corrected chi connectivity index (χ1v) is 9.70. The number of hydrogen-bond acceptors (Lipinski definition) is 3. The van der Waals surface area contributed by atoms with Gasteiger partial charge >= 0.3 is 6.03 Å². The molecule has 3 N–H and O–H groups in total. The van der Waals surface area contributed by atoms with Gasteiger partial charge in [0.1, 0.15) is 0 Å². The number of carbonyl (C=O) groups is 3. The van der Waals surface area contributed by atoms with Gasteiger partial charge in [0.25, 0.3) is 5.91 Å². The van der Waals surface area contributed by atoms with Crippen LogP contribution >= 0.6 is 0 Å². The zero-order chi connectivity index (χ0) is 21.3. The van der Waals surface area contributed by atoms with Crippen LogP contribution in [-0.2, 0) is 0 Å². The van der Waals surface area contributed by atoms with Crippen molar-refractivity contribution < 1.29 is 14.4 Å². The molecule has 1 aliphatic rings. The van der Waals surface area contributed by atoms with Crippen molar-refractivity contribution in [3.63, 3.8) is 0 Å². The predicted molar refractivity (Wildman–Crippen MR) is 117 cm³/mol. The molecule has 30 heavy (non-hydrogen) atoms. The summed E-state index contributed by atoms with van der Waals surface area (Å²) >= 11 is 0. The smallest absolute Gasteiger partial charge is 0.319 e. The van der Waals surface area contributed by atoms with E-state index < -0.39 is 0 Å². The van der Waals surface area contributed by atoms with E-state index in [-0.39, 0.29) is 23.8 Å². The molecule has 4 rings (SSSR count).